The molecule has 0 aliphatic carbocycles. The Hall–Kier alpha value is -0.725. The molecule has 0 saturated heterocycles. The van der Waals surface area contributed by atoms with E-state index in [0.717, 1.165) is 0 Å². The van der Waals surface area contributed by atoms with Gasteiger partial charge in [-0.05, 0) is 12.3 Å². The van der Waals surface area contributed by atoms with Gasteiger partial charge in [0.2, 0.25) is 0 Å². The summed E-state index contributed by atoms with van der Waals surface area (Å²) in [5.74, 6) is 0. The maximum atomic E-state index is 4.89. The first-order valence-corrected chi connectivity index (χ1v) is 3.52. The lowest BCUT2D eigenvalue weighted by Gasteiger charge is -1.64. The molecule has 2 N–H and O–H groups in total. The van der Waals surface area contributed by atoms with Crippen molar-refractivity contribution < 1.29 is 0 Å². The molecule has 10 heavy (non-hydrogen) atoms. The Labute approximate surface area is 65.7 Å². The van der Waals surface area contributed by atoms with Crippen molar-refractivity contribution >= 4 is 14.2 Å². The van der Waals surface area contributed by atoms with Gasteiger partial charge in [-0.3, -0.25) is 0 Å². The lowest BCUT2D eigenvalue weighted by Crippen LogP contribution is -1.75. The molecular formula is C7H17BN2. The normalized spacial score (nSPS) is 8.00. The maximum absolute atomic E-state index is 4.89. The van der Waals surface area contributed by atoms with E-state index in [0.29, 0.717) is 0 Å². The van der Waals surface area contributed by atoms with E-state index >= 15 is 0 Å². The van der Waals surface area contributed by atoms with Gasteiger partial charge < -0.3 is 10.6 Å². The van der Waals surface area contributed by atoms with Crippen LogP contribution in [-0.4, -0.2) is 14.2 Å². The Morgan fingerprint density at radius 2 is 1.60 bits per heavy atom. The van der Waals surface area contributed by atoms with Crippen LogP contribution in [-0.2, 0) is 0 Å². The average Bonchev–Trinajstić information content (AvgIpc) is 2.08. The summed E-state index contributed by atoms with van der Waals surface area (Å²) in [6.45, 7) is 8.00. The zero-order valence-corrected chi connectivity index (χ0v) is 7.33. The molecule has 0 unspecified atom stereocenters. The summed E-state index contributed by atoms with van der Waals surface area (Å²) in [7, 11) is 4.68. The van der Waals surface area contributed by atoms with Crippen LogP contribution in [0.1, 0.15) is 27.7 Å². The predicted molar refractivity (Wildman–Crippen MR) is 50.3 cm³/mol. The lowest BCUT2D eigenvalue weighted by atomic mass is 10.5. The largest absolute Gasteiger partial charge is 0.405 e. The van der Waals surface area contributed by atoms with Gasteiger partial charge in [0.25, 0.3) is 7.98 Å². The molecule has 0 spiro atoms. The summed E-state index contributed by atoms with van der Waals surface area (Å²) in [5, 5.41) is 0. The van der Waals surface area contributed by atoms with Crippen molar-refractivity contribution in [2.24, 2.45) is 10.6 Å². The summed E-state index contributed by atoms with van der Waals surface area (Å²) in [6, 6.07) is 0. The molecule has 0 aliphatic rings. The third-order valence-corrected chi connectivity index (χ3v) is 0.283. The van der Waals surface area contributed by atoms with Crippen molar-refractivity contribution in [1.82, 2.24) is 0 Å². The fraction of sp³-hybridized carbons (Fsp3) is 0.571. The minimum Gasteiger partial charge on any atom is -0.405 e. The highest BCUT2D eigenvalue weighted by Gasteiger charge is 1.49. The minimum atomic E-state index is 1.36. The molecule has 0 heterocycles. The Morgan fingerprint density at radius 1 is 1.20 bits per heavy atom. The summed E-state index contributed by atoms with van der Waals surface area (Å²) >= 11 is 0. The van der Waals surface area contributed by atoms with Crippen LogP contribution in [0.3, 0.4) is 0 Å². The molecule has 2 nitrogen and oxygen atoms in total. The van der Waals surface area contributed by atoms with E-state index in [1.165, 1.54) is 12.4 Å². The Balaban J connectivity index is -0.000000105. The van der Waals surface area contributed by atoms with Crippen molar-refractivity contribution in [2.75, 3.05) is 0 Å². The van der Waals surface area contributed by atoms with Crippen molar-refractivity contribution in [2.45, 2.75) is 27.7 Å². The highest BCUT2D eigenvalue weighted by Crippen LogP contribution is 1.52. The summed E-state index contributed by atoms with van der Waals surface area (Å²) in [4.78, 5) is 3.13. The predicted octanol–water partition coefficient (Wildman–Crippen LogP) is 1.67. The molecule has 3 heteroatoms. The van der Waals surface area contributed by atoms with Gasteiger partial charge in [0.15, 0.2) is 0 Å². The molecule has 0 aromatic heterocycles. The molecule has 0 rings (SSSR count). The molecule has 58 valence electrons. The van der Waals surface area contributed by atoms with E-state index in [4.69, 9.17) is 5.73 Å². The van der Waals surface area contributed by atoms with Crippen molar-refractivity contribution in [3.05, 3.63) is 12.3 Å². The van der Waals surface area contributed by atoms with E-state index in [1.54, 1.807) is 6.08 Å². The molecule has 0 saturated carbocycles. The second-order valence-electron chi connectivity index (χ2n) is 0.683. The van der Waals surface area contributed by atoms with Crippen LogP contribution in [0.15, 0.2) is 17.2 Å². The molecule has 0 bridgehead atoms. The van der Waals surface area contributed by atoms with Gasteiger partial charge in [-0.25, -0.2) is 0 Å². The number of rotatable bonds is 1. The molecule has 0 amide bonds. The second kappa shape index (κ2) is 40.8. The zero-order valence-electron chi connectivity index (χ0n) is 7.33. The van der Waals surface area contributed by atoms with Crippen molar-refractivity contribution in [1.29, 1.82) is 0 Å². The number of allylic oxidation sites excluding steroid dienone is 1. The highest BCUT2D eigenvalue weighted by molar-refractivity contribution is 6.10. The first-order chi connectivity index (χ1) is 4.91. The molecular weight excluding hydrogens is 123 g/mol. The van der Waals surface area contributed by atoms with Crippen LogP contribution >= 0.6 is 0 Å². The van der Waals surface area contributed by atoms with Gasteiger partial charge >= 0.3 is 0 Å². The second-order valence-corrected chi connectivity index (χ2v) is 0.683. The molecule has 2 radical (unpaired) electrons. The van der Waals surface area contributed by atoms with Gasteiger partial charge in [0.05, 0.1) is 0 Å². The molecule has 0 aromatic carbocycles. The first kappa shape index (κ1) is 16.1. The molecule has 0 atom stereocenters. The lowest BCUT2D eigenvalue weighted by molar-refractivity contribution is 1.50. The van der Waals surface area contributed by atoms with Crippen molar-refractivity contribution in [3.8, 4) is 0 Å². The Kier molecular flexibility index (Phi) is 65.9. The van der Waals surface area contributed by atoms with Crippen LogP contribution in [0, 0.1) is 0 Å². The maximum Gasteiger partial charge on any atom is 0.259 e. The van der Waals surface area contributed by atoms with Gasteiger partial charge in [0, 0.05) is 6.21 Å². The van der Waals surface area contributed by atoms with Crippen LogP contribution in [0.4, 0.5) is 0 Å². The number of hydrogen-bond donors (Lipinski definition) is 1. The van der Waals surface area contributed by atoms with Crippen LogP contribution in [0.5, 0.6) is 0 Å². The Morgan fingerprint density at radius 3 is 1.70 bits per heavy atom. The van der Waals surface area contributed by atoms with Gasteiger partial charge in [0.1, 0.15) is 0 Å². The fourth-order valence-electron chi connectivity index (χ4n) is 0.0994. The Bertz CT molecular complexity index is 60.0. The fourth-order valence-corrected chi connectivity index (χ4v) is 0.0994. The van der Waals surface area contributed by atoms with E-state index in [1.807, 2.05) is 27.7 Å². The molecule has 0 aliphatic heterocycles. The first-order valence-electron chi connectivity index (χ1n) is 3.52. The van der Waals surface area contributed by atoms with Gasteiger partial charge in [-0.1, -0.05) is 27.7 Å². The average molecular weight is 140 g/mol. The summed E-state index contributed by atoms with van der Waals surface area (Å²) in [6.07, 6.45) is 4.30. The smallest absolute Gasteiger partial charge is 0.259 e. The molecule has 0 fully saturated rings. The third-order valence-electron chi connectivity index (χ3n) is 0.283. The standard InChI is InChI=1S/C3H5BN2.2C2H6/c4-6-3-1-2-5;2*1-2/h1-3H,5H2;2*1-2H3/b2-1-,6-3-;;. The van der Waals surface area contributed by atoms with E-state index < -0.39 is 0 Å². The van der Waals surface area contributed by atoms with E-state index in [-0.39, 0.29) is 0 Å². The minimum absolute atomic E-state index is 1.36. The number of nitrogens with zero attached hydrogens (tertiary/aromatic N) is 1. The number of hydrogen-bond acceptors (Lipinski definition) is 2. The van der Waals surface area contributed by atoms with Crippen LogP contribution in [0.2, 0.25) is 0 Å². The molecule has 0 aromatic rings. The highest BCUT2D eigenvalue weighted by atomic mass is 14.5. The van der Waals surface area contributed by atoms with Crippen molar-refractivity contribution in [3.63, 3.8) is 0 Å². The quantitative estimate of drug-likeness (QED) is 0.436. The monoisotopic (exact) mass is 140 g/mol. The zero-order chi connectivity index (χ0) is 8.83. The number of nitrogens with two attached hydrogens (primary N) is 1. The SMILES string of the molecule is CC.CC.[B]/N=C\C=C/N. The summed E-state index contributed by atoms with van der Waals surface area (Å²) in [5.41, 5.74) is 4.89. The van der Waals surface area contributed by atoms with E-state index in [9.17, 15) is 0 Å². The van der Waals surface area contributed by atoms with Gasteiger partial charge in [-0.15, -0.1) is 0 Å². The third kappa shape index (κ3) is 55.3. The topological polar surface area (TPSA) is 38.4 Å². The van der Waals surface area contributed by atoms with E-state index in [2.05, 4.69) is 12.9 Å². The summed E-state index contributed by atoms with van der Waals surface area (Å²) < 4.78 is 0. The van der Waals surface area contributed by atoms with Crippen LogP contribution < -0.4 is 5.73 Å². The van der Waals surface area contributed by atoms with Crippen LogP contribution in [0.25, 0.3) is 0 Å². The van der Waals surface area contributed by atoms with Gasteiger partial charge in [-0.2, -0.15) is 0 Å².